The number of nitrogens with zero attached hydrogens (tertiary/aromatic N) is 5. The van der Waals surface area contributed by atoms with Crippen molar-refractivity contribution in [2.75, 3.05) is 18.0 Å². The summed E-state index contributed by atoms with van der Waals surface area (Å²) < 4.78 is 0. The molecule has 0 saturated heterocycles. The molecule has 1 rings (SSSR count). The molecule has 0 atom stereocenters. The molecule has 0 bridgehead atoms. The first-order valence-electron chi connectivity index (χ1n) is 4.17. The molecule has 0 aliphatic heterocycles. The molecule has 0 N–H and O–H groups in total. The highest BCUT2D eigenvalue weighted by Gasteiger charge is 2.06. The van der Waals surface area contributed by atoms with Crippen LogP contribution in [0, 0.1) is 34.0 Å². The van der Waals surface area contributed by atoms with Crippen molar-refractivity contribution < 1.29 is 0 Å². The molecule has 72 valence electrons. The van der Waals surface area contributed by atoms with E-state index in [1.807, 2.05) is 18.2 Å². The van der Waals surface area contributed by atoms with E-state index in [1.54, 1.807) is 12.1 Å². The van der Waals surface area contributed by atoms with Crippen LogP contribution in [0.3, 0.4) is 0 Å². The van der Waals surface area contributed by atoms with Crippen molar-refractivity contribution in [2.24, 2.45) is 0 Å². The maximum atomic E-state index is 8.57. The Bertz CT molecular complexity index is 427. The number of hydrogen-bond acceptors (Lipinski definition) is 5. The molecular formula is C10H7N5. The van der Waals surface area contributed by atoms with Gasteiger partial charge in [-0.15, -0.1) is 0 Å². The van der Waals surface area contributed by atoms with E-state index < -0.39 is 0 Å². The topological polar surface area (TPSA) is 87.5 Å². The predicted molar refractivity (Wildman–Crippen MR) is 52.4 cm³/mol. The second kappa shape index (κ2) is 5.21. The Hall–Kier alpha value is -2.58. The smallest absolute Gasteiger partial charge is 0.130 e. The standard InChI is InChI=1S/C10H7N5/c11-3-5-15(6-4-12)10-2-1-9(7-13)8-14-10/h1-2,8H,5-6H2. The number of pyridine rings is 1. The van der Waals surface area contributed by atoms with E-state index in [9.17, 15) is 0 Å². The molecule has 1 aromatic heterocycles. The lowest BCUT2D eigenvalue weighted by Crippen LogP contribution is -2.24. The highest BCUT2D eigenvalue weighted by molar-refractivity contribution is 5.43. The SMILES string of the molecule is N#CCN(CC#N)c1ccc(C#N)cn1. The summed E-state index contributed by atoms with van der Waals surface area (Å²) in [4.78, 5) is 5.52. The second-order valence-corrected chi connectivity index (χ2v) is 2.69. The monoisotopic (exact) mass is 197 g/mol. The normalized spacial score (nSPS) is 8.33. The first-order chi connectivity index (χ1) is 7.31. The van der Waals surface area contributed by atoms with Crippen LogP contribution >= 0.6 is 0 Å². The Labute approximate surface area is 87.4 Å². The first kappa shape index (κ1) is 10.5. The summed E-state index contributed by atoms with van der Waals surface area (Å²) in [5, 5.41) is 25.7. The fourth-order valence-corrected chi connectivity index (χ4v) is 1.03. The molecule has 0 saturated carbocycles. The zero-order chi connectivity index (χ0) is 11.1. The molecule has 5 heteroatoms. The minimum absolute atomic E-state index is 0.104. The van der Waals surface area contributed by atoms with Crippen LogP contribution in [-0.2, 0) is 0 Å². The number of aromatic nitrogens is 1. The van der Waals surface area contributed by atoms with Crippen molar-refractivity contribution >= 4 is 5.82 Å². The molecule has 0 spiro atoms. The third-order valence-corrected chi connectivity index (χ3v) is 1.72. The molecule has 0 aromatic carbocycles. The van der Waals surface area contributed by atoms with Gasteiger partial charge in [0, 0.05) is 6.20 Å². The van der Waals surface area contributed by atoms with Crippen molar-refractivity contribution in [3.8, 4) is 18.2 Å². The number of hydrogen-bond donors (Lipinski definition) is 0. The van der Waals surface area contributed by atoms with Crippen molar-refractivity contribution in [1.29, 1.82) is 15.8 Å². The maximum absolute atomic E-state index is 8.57. The minimum Gasteiger partial charge on any atom is -0.330 e. The molecule has 0 aliphatic carbocycles. The van der Waals surface area contributed by atoms with E-state index in [0.29, 0.717) is 11.4 Å². The molecule has 0 radical (unpaired) electrons. The van der Waals surface area contributed by atoms with Crippen LogP contribution in [0.15, 0.2) is 18.3 Å². The lowest BCUT2D eigenvalue weighted by Gasteiger charge is -2.15. The average molecular weight is 197 g/mol. The number of anilines is 1. The lowest BCUT2D eigenvalue weighted by molar-refractivity contribution is 0.935. The summed E-state index contributed by atoms with van der Waals surface area (Å²) in [5.41, 5.74) is 0.451. The van der Waals surface area contributed by atoms with E-state index in [2.05, 4.69) is 4.98 Å². The summed E-state index contributed by atoms with van der Waals surface area (Å²) >= 11 is 0. The molecule has 1 heterocycles. The van der Waals surface area contributed by atoms with Gasteiger partial charge in [-0.2, -0.15) is 15.8 Å². The Balaban J connectivity index is 2.89. The molecule has 0 fully saturated rings. The summed E-state index contributed by atoms with van der Waals surface area (Å²) in [7, 11) is 0. The van der Waals surface area contributed by atoms with Crippen LogP contribution in [0.4, 0.5) is 5.82 Å². The zero-order valence-electron chi connectivity index (χ0n) is 7.88. The Morgan fingerprint density at radius 3 is 2.20 bits per heavy atom. The Morgan fingerprint density at radius 2 is 1.80 bits per heavy atom. The van der Waals surface area contributed by atoms with Crippen LogP contribution in [0.5, 0.6) is 0 Å². The largest absolute Gasteiger partial charge is 0.330 e. The van der Waals surface area contributed by atoms with Crippen LogP contribution < -0.4 is 4.90 Å². The lowest BCUT2D eigenvalue weighted by atomic mass is 10.3. The summed E-state index contributed by atoms with van der Waals surface area (Å²) in [6.45, 7) is 0.207. The van der Waals surface area contributed by atoms with Gasteiger partial charge in [-0.05, 0) is 12.1 Å². The zero-order valence-corrected chi connectivity index (χ0v) is 7.88. The number of rotatable bonds is 3. The first-order valence-corrected chi connectivity index (χ1v) is 4.17. The van der Waals surface area contributed by atoms with Crippen molar-refractivity contribution in [2.45, 2.75) is 0 Å². The van der Waals surface area contributed by atoms with Crippen LogP contribution in [0.2, 0.25) is 0 Å². The Kier molecular flexibility index (Phi) is 3.65. The van der Waals surface area contributed by atoms with Crippen LogP contribution in [0.25, 0.3) is 0 Å². The van der Waals surface area contributed by atoms with Gasteiger partial charge >= 0.3 is 0 Å². The van der Waals surface area contributed by atoms with E-state index >= 15 is 0 Å². The fourth-order valence-electron chi connectivity index (χ4n) is 1.03. The predicted octanol–water partition coefficient (Wildman–Crippen LogP) is 0.807. The molecule has 0 aliphatic rings. The van der Waals surface area contributed by atoms with E-state index in [0.717, 1.165) is 0 Å². The van der Waals surface area contributed by atoms with Gasteiger partial charge in [0.1, 0.15) is 25.0 Å². The van der Waals surface area contributed by atoms with Gasteiger partial charge in [0.25, 0.3) is 0 Å². The summed E-state index contributed by atoms with van der Waals surface area (Å²) in [6.07, 6.45) is 1.41. The van der Waals surface area contributed by atoms with Crippen molar-refractivity contribution in [1.82, 2.24) is 4.98 Å². The highest BCUT2D eigenvalue weighted by Crippen LogP contribution is 2.09. The second-order valence-electron chi connectivity index (χ2n) is 2.69. The van der Waals surface area contributed by atoms with Crippen LogP contribution in [-0.4, -0.2) is 18.1 Å². The minimum atomic E-state index is 0.104. The average Bonchev–Trinajstić information content (AvgIpc) is 2.29. The molecule has 0 unspecified atom stereocenters. The fraction of sp³-hybridized carbons (Fsp3) is 0.200. The van der Waals surface area contributed by atoms with E-state index in [1.165, 1.54) is 11.1 Å². The van der Waals surface area contributed by atoms with Gasteiger partial charge in [0.2, 0.25) is 0 Å². The highest BCUT2D eigenvalue weighted by atomic mass is 15.2. The molecular weight excluding hydrogens is 190 g/mol. The van der Waals surface area contributed by atoms with Crippen LogP contribution in [0.1, 0.15) is 5.56 Å². The maximum Gasteiger partial charge on any atom is 0.130 e. The molecule has 0 amide bonds. The van der Waals surface area contributed by atoms with Crippen molar-refractivity contribution in [3.05, 3.63) is 23.9 Å². The van der Waals surface area contributed by atoms with Crippen molar-refractivity contribution in [3.63, 3.8) is 0 Å². The van der Waals surface area contributed by atoms with Gasteiger partial charge < -0.3 is 4.90 Å². The summed E-state index contributed by atoms with van der Waals surface area (Å²) in [5.74, 6) is 0.525. The third kappa shape index (κ3) is 2.69. The van der Waals surface area contributed by atoms with Gasteiger partial charge in [0.05, 0.1) is 17.7 Å². The Morgan fingerprint density at radius 1 is 1.13 bits per heavy atom. The van der Waals surface area contributed by atoms with E-state index in [-0.39, 0.29) is 13.1 Å². The third-order valence-electron chi connectivity index (χ3n) is 1.72. The van der Waals surface area contributed by atoms with Gasteiger partial charge in [-0.1, -0.05) is 0 Å². The molecule has 5 nitrogen and oxygen atoms in total. The molecule has 15 heavy (non-hydrogen) atoms. The quantitative estimate of drug-likeness (QED) is 0.669. The van der Waals surface area contributed by atoms with Gasteiger partial charge in [-0.25, -0.2) is 4.98 Å². The molecule has 1 aromatic rings. The van der Waals surface area contributed by atoms with Gasteiger partial charge in [0.15, 0.2) is 0 Å². The van der Waals surface area contributed by atoms with E-state index in [4.69, 9.17) is 15.8 Å². The number of nitriles is 3. The van der Waals surface area contributed by atoms with Gasteiger partial charge in [-0.3, -0.25) is 0 Å². The summed E-state index contributed by atoms with van der Waals surface area (Å²) in [6, 6.07) is 9.06.